The summed E-state index contributed by atoms with van der Waals surface area (Å²) in [6.45, 7) is 6.60. The Morgan fingerprint density at radius 2 is 2.05 bits per heavy atom. The predicted molar refractivity (Wildman–Crippen MR) is 86.7 cm³/mol. The fraction of sp³-hybridized carbons (Fsp3) is 0.571. The van der Waals surface area contributed by atoms with Crippen molar-refractivity contribution in [1.29, 1.82) is 0 Å². The SMILES string of the molecule is CCSCC(C)NS(=O)(=O)c1ccc(C)c(CNC)c1. The lowest BCUT2D eigenvalue weighted by atomic mass is 10.1. The molecule has 6 heteroatoms. The number of benzene rings is 1. The number of hydrogen-bond acceptors (Lipinski definition) is 4. The molecule has 0 radical (unpaired) electrons. The van der Waals surface area contributed by atoms with Gasteiger partial charge in [-0.15, -0.1) is 0 Å². The number of sulfonamides is 1. The van der Waals surface area contributed by atoms with Crippen molar-refractivity contribution in [2.75, 3.05) is 18.6 Å². The molecule has 0 saturated heterocycles. The Hall–Kier alpha value is -0.560. The molecule has 0 amide bonds. The van der Waals surface area contributed by atoms with E-state index in [0.29, 0.717) is 11.4 Å². The summed E-state index contributed by atoms with van der Waals surface area (Å²) in [5.74, 6) is 1.77. The fourth-order valence-corrected chi connectivity index (χ4v) is 3.93. The lowest BCUT2D eigenvalue weighted by Gasteiger charge is -2.15. The Labute approximate surface area is 126 Å². The van der Waals surface area contributed by atoms with Crippen LogP contribution in [0.5, 0.6) is 0 Å². The second-order valence-corrected chi connectivity index (χ2v) is 7.83. The highest BCUT2D eigenvalue weighted by Gasteiger charge is 2.18. The molecule has 1 aromatic carbocycles. The molecule has 0 bridgehead atoms. The van der Waals surface area contributed by atoms with Gasteiger partial charge in [0.1, 0.15) is 0 Å². The van der Waals surface area contributed by atoms with Gasteiger partial charge in [0.15, 0.2) is 0 Å². The molecule has 2 N–H and O–H groups in total. The van der Waals surface area contributed by atoms with E-state index in [0.717, 1.165) is 22.6 Å². The fourth-order valence-electron chi connectivity index (χ4n) is 1.86. The first-order valence-corrected chi connectivity index (χ1v) is 9.38. The lowest BCUT2D eigenvalue weighted by molar-refractivity contribution is 0.571. The van der Waals surface area contributed by atoms with Gasteiger partial charge in [-0.05, 0) is 49.9 Å². The van der Waals surface area contributed by atoms with Crippen LogP contribution in [0, 0.1) is 6.92 Å². The van der Waals surface area contributed by atoms with E-state index in [1.807, 2.05) is 27.0 Å². The summed E-state index contributed by atoms with van der Waals surface area (Å²) in [7, 11) is -1.59. The molecule has 0 aliphatic heterocycles. The minimum absolute atomic E-state index is 0.0704. The summed E-state index contributed by atoms with van der Waals surface area (Å²) in [5, 5.41) is 3.05. The smallest absolute Gasteiger partial charge is 0.240 e. The van der Waals surface area contributed by atoms with Crippen LogP contribution in [0.1, 0.15) is 25.0 Å². The van der Waals surface area contributed by atoms with Crippen LogP contribution in [-0.2, 0) is 16.6 Å². The van der Waals surface area contributed by atoms with Crippen molar-refractivity contribution in [3.05, 3.63) is 29.3 Å². The summed E-state index contributed by atoms with van der Waals surface area (Å²) >= 11 is 1.73. The minimum atomic E-state index is -3.44. The molecule has 0 fully saturated rings. The third kappa shape index (κ3) is 5.09. The van der Waals surface area contributed by atoms with Gasteiger partial charge in [-0.1, -0.05) is 13.0 Å². The lowest BCUT2D eigenvalue weighted by Crippen LogP contribution is -2.34. The van der Waals surface area contributed by atoms with Gasteiger partial charge in [0.25, 0.3) is 0 Å². The van der Waals surface area contributed by atoms with E-state index in [-0.39, 0.29) is 6.04 Å². The first-order valence-electron chi connectivity index (χ1n) is 6.75. The van der Waals surface area contributed by atoms with Crippen LogP contribution in [-0.4, -0.2) is 33.0 Å². The molecule has 0 aromatic heterocycles. The van der Waals surface area contributed by atoms with E-state index in [1.54, 1.807) is 23.9 Å². The number of rotatable bonds is 8. The molecule has 1 atom stereocenters. The maximum Gasteiger partial charge on any atom is 0.240 e. The molecule has 4 nitrogen and oxygen atoms in total. The zero-order valence-corrected chi connectivity index (χ0v) is 14.2. The Bertz CT molecular complexity index is 530. The number of aryl methyl sites for hydroxylation is 1. The predicted octanol–water partition coefficient (Wildman–Crippen LogP) is 2.13. The van der Waals surface area contributed by atoms with Gasteiger partial charge in [0.2, 0.25) is 10.0 Å². The maximum atomic E-state index is 12.3. The van der Waals surface area contributed by atoms with E-state index in [2.05, 4.69) is 17.0 Å². The van der Waals surface area contributed by atoms with Gasteiger partial charge in [-0.2, -0.15) is 11.8 Å². The highest BCUT2D eigenvalue weighted by atomic mass is 32.2. The standard InChI is InChI=1S/C14H24N2O2S2/c1-5-19-10-12(3)16-20(17,18)14-7-6-11(2)13(8-14)9-15-4/h6-8,12,15-16H,5,9-10H2,1-4H3. The van der Waals surface area contributed by atoms with Crippen LogP contribution in [0.15, 0.2) is 23.1 Å². The third-order valence-corrected chi connectivity index (χ3v) is 5.66. The summed E-state index contributed by atoms with van der Waals surface area (Å²) in [4.78, 5) is 0.335. The quantitative estimate of drug-likeness (QED) is 0.771. The summed E-state index contributed by atoms with van der Waals surface area (Å²) in [5.41, 5.74) is 2.10. The van der Waals surface area contributed by atoms with Crippen LogP contribution in [0.3, 0.4) is 0 Å². The molecule has 114 valence electrons. The van der Waals surface area contributed by atoms with E-state index >= 15 is 0 Å². The molecule has 1 aromatic rings. The molecule has 20 heavy (non-hydrogen) atoms. The van der Waals surface area contributed by atoms with Gasteiger partial charge in [0.05, 0.1) is 4.90 Å². The Morgan fingerprint density at radius 3 is 2.65 bits per heavy atom. The van der Waals surface area contributed by atoms with Gasteiger partial charge in [-0.3, -0.25) is 0 Å². The van der Waals surface area contributed by atoms with Gasteiger partial charge >= 0.3 is 0 Å². The molecule has 0 saturated carbocycles. The second kappa shape index (κ2) is 8.02. The Kier molecular flexibility index (Phi) is 7.02. The molecule has 0 heterocycles. The van der Waals surface area contributed by atoms with Crippen molar-refractivity contribution in [3.8, 4) is 0 Å². The molecule has 0 aliphatic rings. The zero-order chi connectivity index (χ0) is 15.2. The third-order valence-electron chi connectivity index (χ3n) is 2.93. The largest absolute Gasteiger partial charge is 0.316 e. The van der Waals surface area contributed by atoms with Gasteiger partial charge < -0.3 is 5.32 Å². The monoisotopic (exact) mass is 316 g/mol. The molecular formula is C14H24N2O2S2. The molecule has 0 spiro atoms. The van der Waals surface area contributed by atoms with E-state index in [1.165, 1.54) is 0 Å². The second-order valence-electron chi connectivity index (χ2n) is 4.80. The van der Waals surface area contributed by atoms with Crippen molar-refractivity contribution in [1.82, 2.24) is 10.0 Å². The first kappa shape index (κ1) is 17.5. The Morgan fingerprint density at radius 1 is 1.35 bits per heavy atom. The van der Waals surface area contributed by atoms with Crippen LogP contribution >= 0.6 is 11.8 Å². The van der Waals surface area contributed by atoms with Gasteiger partial charge in [0, 0.05) is 18.3 Å². The summed E-state index contributed by atoms with van der Waals surface area (Å²) in [6, 6.07) is 5.19. The van der Waals surface area contributed by atoms with Crippen LogP contribution in [0.25, 0.3) is 0 Å². The summed E-state index contributed by atoms with van der Waals surface area (Å²) in [6.07, 6.45) is 0. The maximum absolute atomic E-state index is 12.3. The van der Waals surface area contributed by atoms with E-state index in [9.17, 15) is 8.42 Å². The first-order chi connectivity index (χ1) is 9.40. The Balaban J connectivity index is 2.89. The van der Waals surface area contributed by atoms with E-state index < -0.39 is 10.0 Å². The number of hydrogen-bond donors (Lipinski definition) is 2. The van der Waals surface area contributed by atoms with Crippen LogP contribution in [0.4, 0.5) is 0 Å². The minimum Gasteiger partial charge on any atom is -0.316 e. The number of thioether (sulfide) groups is 1. The van der Waals surface area contributed by atoms with E-state index in [4.69, 9.17) is 0 Å². The van der Waals surface area contributed by atoms with Crippen molar-refractivity contribution in [2.24, 2.45) is 0 Å². The van der Waals surface area contributed by atoms with Crippen LogP contribution < -0.4 is 10.0 Å². The zero-order valence-electron chi connectivity index (χ0n) is 12.6. The highest BCUT2D eigenvalue weighted by Crippen LogP contribution is 2.16. The summed E-state index contributed by atoms with van der Waals surface area (Å²) < 4.78 is 27.4. The van der Waals surface area contributed by atoms with Crippen LogP contribution in [0.2, 0.25) is 0 Å². The normalized spacial score (nSPS) is 13.4. The highest BCUT2D eigenvalue weighted by molar-refractivity contribution is 7.99. The average molecular weight is 316 g/mol. The molecule has 1 rings (SSSR count). The molecule has 1 unspecified atom stereocenters. The van der Waals surface area contributed by atoms with Crippen molar-refractivity contribution < 1.29 is 8.42 Å². The van der Waals surface area contributed by atoms with Crippen molar-refractivity contribution >= 4 is 21.8 Å². The molecule has 0 aliphatic carbocycles. The number of nitrogens with one attached hydrogen (secondary N) is 2. The molecular weight excluding hydrogens is 292 g/mol. The van der Waals surface area contributed by atoms with Crippen molar-refractivity contribution in [3.63, 3.8) is 0 Å². The average Bonchev–Trinajstić information content (AvgIpc) is 2.38. The van der Waals surface area contributed by atoms with Gasteiger partial charge in [-0.25, -0.2) is 13.1 Å². The topological polar surface area (TPSA) is 58.2 Å². The van der Waals surface area contributed by atoms with Crippen molar-refractivity contribution in [2.45, 2.75) is 38.3 Å².